The van der Waals surface area contributed by atoms with Crippen LogP contribution in [-0.2, 0) is 0 Å². The molecule has 1 amide bonds. The van der Waals surface area contributed by atoms with E-state index in [0.29, 0.717) is 48.1 Å². The van der Waals surface area contributed by atoms with Crippen LogP contribution in [0.1, 0.15) is 36.0 Å². The number of nitrogens with one attached hydrogen (secondary N) is 2. The van der Waals surface area contributed by atoms with Gasteiger partial charge in [0.25, 0.3) is 5.91 Å². The van der Waals surface area contributed by atoms with E-state index in [1.54, 1.807) is 23.1 Å². The topological polar surface area (TPSA) is 130 Å². The number of anilines is 4. The maximum atomic E-state index is 15.0. The number of aliphatic hydroxyl groups excluding tert-OH is 2. The molecule has 224 valence electrons. The molecule has 0 bridgehead atoms. The Balaban J connectivity index is 1.34. The van der Waals surface area contributed by atoms with E-state index < -0.39 is 18.7 Å². The van der Waals surface area contributed by atoms with Crippen molar-refractivity contribution >= 4 is 29.0 Å². The molecular weight excluding hydrogens is 538 g/mol. The summed E-state index contributed by atoms with van der Waals surface area (Å²) in [7, 11) is 2.90. The van der Waals surface area contributed by atoms with Crippen LogP contribution in [0, 0.1) is 0 Å². The van der Waals surface area contributed by atoms with Crippen LogP contribution in [0.15, 0.2) is 24.4 Å². The Morgan fingerprint density at radius 3 is 2.61 bits per heavy atom. The number of ether oxygens (including phenoxy) is 1. The summed E-state index contributed by atoms with van der Waals surface area (Å²) in [4.78, 5) is 26.8. The van der Waals surface area contributed by atoms with Gasteiger partial charge in [-0.05, 0) is 31.0 Å². The van der Waals surface area contributed by atoms with Gasteiger partial charge in [0.15, 0.2) is 12.0 Å². The van der Waals surface area contributed by atoms with Crippen molar-refractivity contribution in [1.29, 1.82) is 0 Å². The first-order valence-electron chi connectivity index (χ1n) is 14.0. The molecule has 1 aromatic carbocycles. The van der Waals surface area contributed by atoms with E-state index in [-0.39, 0.29) is 24.5 Å². The molecule has 1 aliphatic carbocycles. The molecule has 5 rings (SSSR count). The molecule has 41 heavy (non-hydrogen) atoms. The van der Waals surface area contributed by atoms with Crippen molar-refractivity contribution in [2.24, 2.45) is 0 Å². The Morgan fingerprint density at radius 2 is 1.93 bits per heavy atom. The van der Waals surface area contributed by atoms with Crippen molar-refractivity contribution in [2.45, 2.75) is 43.9 Å². The van der Waals surface area contributed by atoms with Gasteiger partial charge in [0.2, 0.25) is 5.95 Å². The Kier molecular flexibility index (Phi) is 8.73. The van der Waals surface area contributed by atoms with Crippen molar-refractivity contribution in [2.75, 3.05) is 75.1 Å². The lowest BCUT2D eigenvalue weighted by molar-refractivity contribution is -0.0983. The molecule has 1 saturated carbocycles. The smallest absolute Gasteiger partial charge is 0.308 e. The number of carbonyl (C=O) groups is 1. The maximum absolute atomic E-state index is 15.0. The monoisotopic (exact) mass is 576 g/mol. The summed E-state index contributed by atoms with van der Waals surface area (Å²) in [5.74, 6) is -2.74. The molecule has 0 radical (unpaired) electrons. The highest BCUT2D eigenvalue weighted by atomic mass is 19.3. The average molecular weight is 577 g/mol. The van der Waals surface area contributed by atoms with Crippen LogP contribution in [0.3, 0.4) is 0 Å². The Hall–Kier alpha value is -3.33. The molecule has 2 aliphatic heterocycles. The number of aromatic nitrogens is 2. The third-order valence-electron chi connectivity index (χ3n) is 8.05. The second kappa shape index (κ2) is 12.3. The number of carbonyl (C=O) groups excluding carboxylic acids is 1. The van der Waals surface area contributed by atoms with E-state index in [1.165, 1.54) is 20.4 Å². The first-order valence-corrected chi connectivity index (χ1v) is 14.0. The molecule has 1 atom stereocenters. The third-order valence-corrected chi connectivity index (χ3v) is 8.05. The normalized spacial score (nSPS) is 21.9. The summed E-state index contributed by atoms with van der Waals surface area (Å²) in [5, 5.41) is 24.5. The minimum absolute atomic E-state index is 0.105. The summed E-state index contributed by atoms with van der Waals surface area (Å²) in [6.07, 6.45) is 2.89. The molecular formula is C27H38F2N8O4. The zero-order chi connectivity index (χ0) is 29.1. The lowest BCUT2D eigenvalue weighted by Gasteiger charge is -2.34. The van der Waals surface area contributed by atoms with Crippen molar-refractivity contribution in [3.05, 3.63) is 30.0 Å². The average Bonchev–Trinajstić information content (AvgIpc) is 3.49. The van der Waals surface area contributed by atoms with Crippen molar-refractivity contribution in [1.82, 2.24) is 25.3 Å². The van der Waals surface area contributed by atoms with E-state index in [0.717, 1.165) is 43.7 Å². The quantitative estimate of drug-likeness (QED) is 0.366. The zero-order valence-electron chi connectivity index (χ0n) is 23.4. The van der Waals surface area contributed by atoms with Crippen molar-refractivity contribution in [3.8, 4) is 5.75 Å². The number of aliphatic hydroxyl groups is 2. The Morgan fingerprint density at radius 1 is 1.20 bits per heavy atom. The second-order valence-electron chi connectivity index (χ2n) is 10.7. The molecule has 3 aliphatic rings. The minimum Gasteiger partial charge on any atom is -0.495 e. The summed E-state index contributed by atoms with van der Waals surface area (Å²) >= 11 is 0. The number of fused-ring (bicyclic) bond motifs is 1. The van der Waals surface area contributed by atoms with Gasteiger partial charge in [-0.1, -0.05) is 12.8 Å². The zero-order valence-corrected chi connectivity index (χ0v) is 23.4. The molecule has 2 fully saturated rings. The van der Waals surface area contributed by atoms with Crippen molar-refractivity contribution < 1.29 is 28.5 Å². The third kappa shape index (κ3) is 6.30. The van der Waals surface area contributed by atoms with Crippen molar-refractivity contribution in [3.63, 3.8) is 0 Å². The molecule has 0 spiro atoms. The number of halogens is 2. The number of β-amino-alcohol motifs (C(OH)–C–C–N with tert-alkyl or cyclic N) is 1. The number of methoxy groups -OCH3 is 1. The van der Waals surface area contributed by atoms with Gasteiger partial charge in [0.05, 0.1) is 32.1 Å². The molecule has 3 heterocycles. The molecule has 2 aromatic rings. The molecule has 14 heteroatoms. The summed E-state index contributed by atoms with van der Waals surface area (Å²) < 4.78 is 35.5. The predicted octanol–water partition coefficient (Wildman–Crippen LogP) is 1.64. The SMILES string of the molecule is COc1cc(C(=O)NN2CCN(CCO)CC2)ccc1Nc1ncc2c(n1)N(C1CCCC1)CC(F)(F)C(O)N2C. The molecule has 4 N–H and O–H groups in total. The van der Waals surface area contributed by atoms with Gasteiger partial charge < -0.3 is 30.1 Å². The van der Waals surface area contributed by atoms with Gasteiger partial charge in [-0.15, -0.1) is 0 Å². The maximum Gasteiger partial charge on any atom is 0.308 e. The number of amides is 1. The first-order chi connectivity index (χ1) is 19.7. The number of piperazine rings is 1. The highest BCUT2D eigenvalue weighted by Gasteiger charge is 2.48. The van der Waals surface area contributed by atoms with E-state index >= 15 is 0 Å². The number of hydrazine groups is 1. The minimum atomic E-state index is -3.36. The standard InChI is InChI=1S/C27H38F2N8O4/c1-34-21-16-30-26(32-23(21)37(19-5-3-4-6-19)17-27(28,29)25(34)40)31-20-8-7-18(15-22(20)41-2)24(39)33-36-11-9-35(10-12-36)13-14-38/h7-8,15-16,19,25,38,40H,3-6,9-14,17H2,1-2H3,(H,33,39)(H,30,31,32). The Bertz CT molecular complexity index is 1220. The van der Waals surface area contributed by atoms with Gasteiger partial charge in [-0.3, -0.25) is 15.1 Å². The number of alkyl halides is 2. The van der Waals surface area contributed by atoms with E-state index in [9.17, 15) is 18.7 Å². The molecule has 1 aromatic heterocycles. The van der Waals surface area contributed by atoms with E-state index in [1.807, 2.05) is 5.01 Å². The van der Waals surface area contributed by atoms with E-state index in [2.05, 4.69) is 25.6 Å². The van der Waals surface area contributed by atoms with Gasteiger partial charge in [0.1, 0.15) is 11.4 Å². The van der Waals surface area contributed by atoms with Crippen LogP contribution in [-0.4, -0.2) is 114 Å². The van der Waals surface area contributed by atoms with Gasteiger partial charge in [-0.25, -0.2) is 9.99 Å². The first kappa shape index (κ1) is 29.2. The largest absolute Gasteiger partial charge is 0.495 e. The summed E-state index contributed by atoms with van der Waals surface area (Å²) in [6, 6.07) is 4.84. The second-order valence-corrected chi connectivity index (χ2v) is 10.7. The molecule has 12 nitrogen and oxygen atoms in total. The fourth-order valence-electron chi connectivity index (χ4n) is 5.69. The van der Waals surface area contributed by atoms with Crippen LogP contribution in [0.25, 0.3) is 0 Å². The van der Waals surface area contributed by atoms with Crippen LogP contribution in [0.4, 0.5) is 31.9 Å². The van der Waals surface area contributed by atoms with Gasteiger partial charge in [-0.2, -0.15) is 13.8 Å². The van der Waals surface area contributed by atoms with Crippen LogP contribution >= 0.6 is 0 Å². The van der Waals surface area contributed by atoms with E-state index in [4.69, 9.17) is 9.84 Å². The lowest BCUT2D eigenvalue weighted by atomic mass is 10.1. The Labute approximate surface area is 237 Å². The van der Waals surface area contributed by atoms with Gasteiger partial charge in [0, 0.05) is 51.4 Å². The summed E-state index contributed by atoms with van der Waals surface area (Å²) in [6.45, 7) is 2.87. The number of hydrogen-bond acceptors (Lipinski definition) is 11. The van der Waals surface area contributed by atoms with Crippen LogP contribution < -0.4 is 25.3 Å². The highest BCUT2D eigenvalue weighted by Crippen LogP contribution is 2.41. The fourth-order valence-corrected chi connectivity index (χ4v) is 5.69. The lowest BCUT2D eigenvalue weighted by Crippen LogP contribution is -2.53. The summed E-state index contributed by atoms with van der Waals surface area (Å²) in [5.41, 5.74) is 4.14. The molecule has 1 unspecified atom stereocenters. The van der Waals surface area contributed by atoms with Crippen LogP contribution in [0.5, 0.6) is 5.75 Å². The molecule has 1 saturated heterocycles. The number of hydrogen-bond donors (Lipinski definition) is 4. The number of nitrogens with zero attached hydrogens (tertiary/aromatic N) is 6. The van der Waals surface area contributed by atoms with Crippen LogP contribution in [0.2, 0.25) is 0 Å². The van der Waals surface area contributed by atoms with Gasteiger partial charge >= 0.3 is 5.92 Å². The highest BCUT2D eigenvalue weighted by molar-refractivity contribution is 5.95. The number of benzene rings is 1. The fraction of sp³-hybridized carbons (Fsp3) is 0.593. The number of rotatable bonds is 8. The predicted molar refractivity (Wildman–Crippen MR) is 150 cm³/mol.